The molecular formula is C15H12ClFIN3. The lowest BCUT2D eigenvalue weighted by molar-refractivity contribution is 0.621. The molecule has 0 amide bonds. The maximum atomic E-state index is 13.9. The topological polar surface area (TPSA) is 30.7 Å². The summed E-state index contributed by atoms with van der Waals surface area (Å²) in [5.74, 6) is 1.12. The molecule has 2 heterocycles. The van der Waals surface area contributed by atoms with Gasteiger partial charge >= 0.3 is 0 Å². The smallest absolute Gasteiger partial charge is 0.138 e. The highest BCUT2D eigenvalue weighted by Crippen LogP contribution is 2.23. The number of benzene rings is 1. The summed E-state index contributed by atoms with van der Waals surface area (Å²) in [7, 11) is 0. The quantitative estimate of drug-likeness (QED) is 0.476. The molecule has 0 aliphatic rings. The van der Waals surface area contributed by atoms with Gasteiger partial charge in [0.2, 0.25) is 0 Å². The molecule has 0 N–H and O–H groups in total. The molecule has 0 atom stereocenters. The van der Waals surface area contributed by atoms with Gasteiger partial charge in [0.15, 0.2) is 0 Å². The third-order valence-electron chi connectivity index (χ3n) is 3.25. The maximum Gasteiger partial charge on any atom is 0.138 e. The molecule has 1 aromatic carbocycles. The van der Waals surface area contributed by atoms with E-state index >= 15 is 0 Å². The Morgan fingerprint density at radius 2 is 2.19 bits per heavy atom. The Bertz CT molecular complexity index is 773. The van der Waals surface area contributed by atoms with Gasteiger partial charge in [0, 0.05) is 30.8 Å². The van der Waals surface area contributed by atoms with E-state index in [1.807, 2.05) is 39.3 Å². The van der Waals surface area contributed by atoms with Crippen molar-refractivity contribution in [3.8, 4) is 0 Å². The van der Waals surface area contributed by atoms with Gasteiger partial charge in [-0.3, -0.25) is 4.98 Å². The van der Waals surface area contributed by atoms with Crippen molar-refractivity contribution in [2.75, 3.05) is 5.88 Å². The molecule has 3 aromatic rings. The molecule has 0 fully saturated rings. The minimum absolute atomic E-state index is 0.229. The highest BCUT2D eigenvalue weighted by Gasteiger charge is 2.13. The van der Waals surface area contributed by atoms with E-state index in [9.17, 15) is 4.39 Å². The fourth-order valence-corrected chi connectivity index (χ4v) is 2.92. The number of hydrogen-bond donors (Lipinski definition) is 0. The van der Waals surface area contributed by atoms with Crippen molar-refractivity contribution in [3.05, 3.63) is 57.4 Å². The van der Waals surface area contributed by atoms with E-state index in [-0.39, 0.29) is 5.82 Å². The van der Waals surface area contributed by atoms with Crippen LogP contribution in [0, 0.1) is 9.39 Å². The van der Waals surface area contributed by atoms with Crippen LogP contribution >= 0.6 is 34.2 Å². The number of hydrogen-bond acceptors (Lipinski definition) is 2. The van der Waals surface area contributed by atoms with Crippen LogP contribution in [0.3, 0.4) is 0 Å². The first-order chi connectivity index (χ1) is 10.2. The van der Waals surface area contributed by atoms with Crippen molar-refractivity contribution in [1.29, 1.82) is 0 Å². The maximum absolute atomic E-state index is 13.9. The van der Waals surface area contributed by atoms with Gasteiger partial charge in [-0.05, 0) is 40.3 Å². The summed E-state index contributed by atoms with van der Waals surface area (Å²) in [5, 5.41) is 0. The van der Waals surface area contributed by atoms with Crippen LogP contribution in [-0.2, 0) is 13.0 Å². The van der Waals surface area contributed by atoms with E-state index in [0.29, 0.717) is 22.4 Å². The van der Waals surface area contributed by atoms with Crippen LogP contribution in [0.1, 0.15) is 11.4 Å². The van der Waals surface area contributed by atoms with Crippen molar-refractivity contribution >= 4 is 45.2 Å². The zero-order valence-electron chi connectivity index (χ0n) is 11.1. The van der Waals surface area contributed by atoms with Crippen LogP contribution in [0.5, 0.6) is 0 Å². The molecule has 2 aromatic heterocycles. The minimum atomic E-state index is -0.229. The van der Waals surface area contributed by atoms with E-state index in [4.69, 9.17) is 11.6 Å². The predicted octanol–water partition coefficient (Wildman–Crippen LogP) is 4.00. The molecule has 0 saturated carbocycles. The normalized spacial score (nSPS) is 11.2. The van der Waals surface area contributed by atoms with Gasteiger partial charge in [-0.15, -0.1) is 11.6 Å². The second kappa shape index (κ2) is 6.27. The molecule has 0 radical (unpaired) electrons. The van der Waals surface area contributed by atoms with E-state index in [0.717, 1.165) is 22.4 Å². The number of rotatable bonds is 4. The van der Waals surface area contributed by atoms with E-state index < -0.39 is 0 Å². The van der Waals surface area contributed by atoms with Crippen molar-refractivity contribution in [3.63, 3.8) is 0 Å². The Hall–Kier alpha value is -1.21. The van der Waals surface area contributed by atoms with E-state index in [1.165, 1.54) is 6.07 Å². The molecule has 0 bridgehead atoms. The van der Waals surface area contributed by atoms with E-state index in [2.05, 4.69) is 9.97 Å². The molecule has 6 heteroatoms. The van der Waals surface area contributed by atoms with Gasteiger partial charge in [-0.1, -0.05) is 6.07 Å². The second-order valence-electron chi connectivity index (χ2n) is 4.67. The number of aryl methyl sites for hydroxylation is 1. The van der Waals surface area contributed by atoms with Crippen LogP contribution in [0.2, 0.25) is 0 Å². The molecule has 0 saturated heterocycles. The Balaban J connectivity index is 2.13. The van der Waals surface area contributed by atoms with Gasteiger partial charge in [0.25, 0.3) is 0 Å². The summed E-state index contributed by atoms with van der Waals surface area (Å²) in [6.45, 7) is 0.608. The van der Waals surface area contributed by atoms with Gasteiger partial charge in [0.05, 0.1) is 21.1 Å². The monoisotopic (exact) mass is 415 g/mol. The number of fused-ring (bicyclic) bond motifs is 1. The summed E-state index contributed by atoms with van der Waals surface area (Å²) in [6.07, 6.45) is 4.19. The largest absolute Gasteiger partial charge is 0.323 e. The lowest BCUT2D eigenvalue weighted by Gasteiger charge is -2.08. The molecule has 3 nitrogen and oxygen atoms in total. The number of imidazole rings is 1. The van der Waals surface area contributed by atoms with Crippen LogP contribution in [0.4, 0.5) is 4.39 Å². The van der Waals surface area contributed by atoms with Crippen LogP contribution < -0.4 is 0 Å². The van der Waals surface area contributed by atoms with Gasteiger partial charge in [-0.25, -0.2) is 9.37 Å². The Labute approximate surface area is 140 Å². The van der Waals surface area contributed by atoms with Crippen molar-refractivity contribution in [1.82, 2.24) is 14.5 Å². The number of nitrogens with zero attached hydrogens (tertiary/aromatic N) is 3. The summed E-state index contributed by atoms with van der Waals surface area (Å²) >= 11 is 7.84. The van der Waals surface area contributed by atoms with Crippen LogP contribution in [0.15, 0.2) is 36.7 Å². The fraction of sp³-hybridized carbons (Fsp3) is 0.200. The molecule has 3 rings (SSSR count). The van der Waals surface area contributed by atoms with Gasteiger partial charge in [0.1, 0.15) is 11.6 Å². The Morgan fingerprint density at radius 3 is 2.90 bits per heavy atom. The van der Waals surface area contributed by atoms with Crippen molar-refractivity contribution in [2.24, 2.45) is 0 Å². The first kappa shape index (κ1) is 14.7. The molecule has 0 unspecified atom stereocenters. The minimum Gasteiger partial charge on any atom is -0.323 e. The second-order valence-corrected chi connectivity index (χ2v) is 6.21. The van der Waals surface area contributed by atoms with Crippen LogP contribution in [-0.4, -0.2) is 20.4 Å². The molecular weight excluding hydrogens is 404 g/mol. The standard InChI is InChI=1S/C15H12ClFIN3/c16-4-3-15-20-13-7-12(18)11(17)6-14(13)21(15)9-10-2-1-5-19-8-10/h1-2,5-8H,3-4,9H2. The van der Waals surface area contributed by atoms with Crippen LogP contribution in [0.25, 0.3) is 11.0 Å². The highest BCUT2D eigenvalue weighted by molar-refractivity contribution is 14.1. The van der Waals surface area contributed by atoms with E-state index in [1.54, 1.807) is 18.5 Å². The number of alkyl halides is 1. The zero-order chi connectivity index (χ0) is 14.8. The first-order valence-corrected chi connectivity index (χ1v) is 8.09. The fourth-order valence-electron chi connectivity index (χ4n) is 2.30. The molecule has 0 spiro atoms. The van der Waals surface area contributed by atoms with Gasteiger partial charge < -0.3 is 4.57 Å². The average molecular weight is 416 g/mol. The first-order valence-electron chi connectivity index (χ1n) is 6.48. The Morgan fingerprint density at radius 1 is 1.33 bits per heavy atom. The SMILES string of the molecule is Fc1cc2c(cc1I)nc(CCCl)n2Cc1cccnc1. The summed E-state index contributed by atoms with van der Waals surface area (Å²) in [6, 6.07) is 7.19. The lowest BCUT2D eigenvalue weighted by Crippen LogP contribution is -2.06. The van der Waals surface area contributed by atoms with Crippen molar-refractivity contribution in [2.45, 2.75) is 13.0 Å². The van der Waals surface area contributed by atoms with Gasteiger partial charge in [-0.2, -0.15) is 0 Å². The number of halogens is 3. The Kier molecular flexibility index (Phi) is 4.40. The van der Waals surface area contributed by atoms with Crippen molar-refractivity contribution < 1.29 is 4.39 Å². The predicted molar refractivity (Wildman–Crippen MR) is 90.2 cm³/mol. The molecule has 0 aliphatic carbocycles. The number of pyridine rings is 1. The summed E-state index contributed by atoms with van der Waals surface area (Å²) in [4.78, 5) is 8.70. The third kappa shape index (κ3) is 3.03. The zero-order valence-corrected chi connectivity index (χ0v) is 14.0. The highest BCUT2D eigenvalue weighted by atomic mass is 127. The lowest BCUT2D eigenvalue weighted by atomic mass is 10.2. The average Bonchev–Trinajstić information content (AvgIpc) is 2.79. The summed E-state index contributed by atoms with van der Waals surface area (Å²) in [5.41, 5.74) is 2.63. The molecule has 0 aliphatic heterocycles. The molecule has 21 heavy (non-hydrogen) atoms. The third-order valence-corrected chi connectivity index (χ3v) is 4.27. The molecule has 108 valence electrons. The number of aromatic nitrogens is 3. The summed E-state index contributed by atoms with van der Waals surface area (Å²) < 4.78 is 16.5.